The van der Waals surface area contributed by atoms with E-state index in [1.54, 1.807) is 23.1 Å². The molecule has 0 bridgehead atoms. The number of piperazine rings is 1. The van der Waals surface area contributed by atoms with Crippen LogP contribution in [-0.4, -0.2) is 38.1 Å². The van der Waals surface area contributed by atoms with E-state index in [0.717, 1.165) is 32.7 Å². The van der Waals surface area contributed by atoms with Crippen LogP contribution in [0.25, 0.3) is 10.8 Å². The molecule has 1 saturated heterocycles. The molecule has 0 aromatic heterocycles. The summed E-state index contributed by atoms with van der Waals surface area (Å²) in [5.41, 5.74) is 1.64. The maximum Gasteiger partial charge on any atom is 0.282 e. The third kappa shape index (κ3) is 4.47. The summed E-state index contributed by atoms with van der Waals surface area (Å²) in [6.45, 7) is 6.86. The molecule has 4 rings (SSSR count). The van der Waals surface area contributed by atoms with Crippen molar-refractivity contribution in [2.75, 3.05) is 31.5 Å². The van der Waals surface area contributed by atoms with Crippen molar-refractivity contribution in [3.63, 3.8) is 0 Å². The molecule has 29 heavy (non-hydrogen) atoms. The number of nitrogens with one attached hydrogen (secondary N) is 3. The Morgan fingerprint density at radius 1 is 0.966 bits per heavy atom. The fourth-order valence-electron chi connectivity index (χ4n) is 4.24. The molecule has 3 aromatic carbocycles. The molecule has 1 amide bonds. The van der Waals surface area contributed by atoms with Gasteiger partial charge in [0.1, 0.15) is 38.5 Å². The van der Waals surface area contributed by atoms with E-state index in [9.17, 15) is 9.18 Å². The predicted molar refractivity (Wildman–Crippen MR) is 114 cm³/mol. The van der Waals surface area contributed by atoms with Crippen LogP contribution in [0, 0.1) is 5.82 Å². The zero-order valence-electron chi connectivity index (χ0n) is 16.7. The molecule has 3 aromatic rings. The Kier molecular flexibility index (Phi) is 5.88. The SMILES string of the molecule is C[C@@H](C(=O)Nc1ccccc1F)[NH+]1CC[NH+](Cc2cccc3ccccc23)CC1. The molecule has 5 heteroatoms. The van der Waals surface area contributed by atoms with E-state index < -0.39 is 5.82 Å². The van der Waals surface area contributed by atoms with Gasteiger partial charge in [-0.15, -0.1) is 0 Å². The Labute approximate surface area is 170 Å². The third-order valence-corrected chi connectivity index (χ3v) is 6.06. The van der Waals surface area contributed by atoms with Crippen LogP contribution in [0.4, 0.5) is 10.1 Å². The molecular weight excluding hydrogens is 365 g/mol. The van der Waals surface area contributed by atoms with Crippen molar-refractivity contribution in [2.45, 2.75) is 19.5 Å². The van der Waals surface area contributed by atoms with Crippen LogP contribution in [-0.2, 0) is 11.3 Å². The average molecular weight is 394 g/mol. The fourth-order valence-corrected chi connectivity index (χ4v) is 4.24. The summed E-state index contributed by atoms with van der Waals surface area (Å²) >= 11 is 0. The molecule has 0 radical (unpaired) electrons. The van der Waals surface area contributed by atoms with Gasteiger partial charge in [0.25, 0.3) is 5.91 Å². The lowest BCUT2D eigenvalue weighted by Gasteiger charge is -2.32. The molecule has 1 fully saturated rings. The molecule has 0 unspecified atom stereocenters. The lowest BCUT2D eigenvalue weighted by molar-refractivity contribution is -1.02. The second-order valence-electron chi connectivity index (χ2n) is 7.91. The van der Waals surface area contributed by atoms with Crippen LogP contribution < -0.4 is 15.1 Å². The van der Waals surface area contributed by atoms with Crippen LogP contribution in [0.5, 0.6) is 0 Å². The highest BCUT2D eigenvalue weighted by molar-refractivity contribution is 5.93. The zero-order chi connectivity index (χ0) is 20.2. The molecular formula is C24H28FN3O+2. The second kappa shape index (κ2) is 8.72. The number of benzene rings is 3. The van der Waals surface area contributed by atoms with Gasteiger partial charge in [0.05, 0.1) is 5.69 Å². The van der Waals surface area contributed by atoms with Gasteiger partial charge in [-0.1, -0.05) is 54.6 Å². The number of para-hydroxylation sites is 1. The van der Waals surface area contributed by atoms with Crippen LogP contribution in [0.1, 0.15) is 12.5 Å². The topological polar surface area (TPSA) is 38.0 Å². The van der Waals surface area contributed by atoms with Gasteiger partial charge in [0.2, 0.25) is 0 Å². The van der Waals surface area contributed by atoms with E-state index in [1.807, 2.05) is 6.92 Å². The minimum Gasteiger partial charge on any atom is -0.322 e. The predicted octanol–water partition coefficient (Wildman–Crippen LogP) is 1.29. The Bertz CT molecular complexity index is 993. The number of hydrogen-bond donors (Lipinski definition) is 3. The number of anilines is 1. The van der Waals surface area contributed by atoms with Gasteiger partial charge in [-0.25, -0.2) is 4.39 Å². The van der Waals surface area contributed by atoms with Crippen molar-refractivity contribution >= 4 is 22.4 Å². The van der Waals surface area contributed by atoms with Gasteiger partial charge >= 0.3 is 0 Å². The van der Waals surface area contributed by atoms with Crippen LogP contribution in [0.2, 0.25) is 0 Å². The first-order valence-corrected chi connectivity index (χ1v) is 10.3. The lowest BCUT2D eigenvalue weighted by atomic mass is 10.0. The van der Waals surface area contributed by atoms with E-state index >= 15 is 0 Å². The summed E-state index contributed by atoms with van der Waals surface area (Å²) in [5.74, 6) is -0.519. The molecule has 0 aliphatic carbocycles. The number of rotatable bonds is 5. The van der Waals surface area contributed by atoms with Gasteiger partial charge in [-0.2, -0.15) is 0 Å². The van der Waals surface area contributed by atoms with Crippen molar-refractivity contribution in [3.8, 4) is 0 Å². The van der Waals surface area contributed by atoms with Gasteiger partial charge in [0.15, 0.2) is 6.04 Å². The average Bonchev–Trinajstić information content (AvgIpc) is 2.75. The first-order chi connectivity index (χ1) is 14.1. The van der Waals surface area contributed by atoms with Crippen molar-refractivity contribution in [2.24, 2.45) is 0 Å². The van der Waals surface area contributed by atoms with E-state index in [1.165, 1.54) is 27.3 Å². The molecule has 0 spiro atoms. The maximum absolute atomic E-state index is 13.8. The van der Waals surface area contributed by atoms with E-state index in [0.29, 0.717) is 0 Å². The minimum absolute atomic E-state index is 0.123. The van der Waals surface area contributed by atoms with Crippen molar-refractivity contribution in [1.29, 1.82) is 0 Å². The molecule has 0 saturated carbocycles. The van der Waals surface area contributed by atoms with Gasteiger partial charge in [-0.05, 0) is 29.8 Å². The second-order valence-corrected chi connectivity index (χ2v) is 7.91. The highest BCUT2D eigenvalue weighted by atomic mass is 19.1. The molecule has 1 aliphatic heterocycles. The number of hydrogen-bond acceptors (Lipinski definition) is 1. The fraction of sp³-hybridized carbons (Fsp3) is 0.292. The summed E-state index contributed by atoms with van der Waals surface area (Å²) in [4.78, 5) is 15.4. The highest BCUT2D eigenvalue weighted by Crippen LogP contribution is 2.17. The smallest absolute Gasteiger partial charge is 0.282 e. The number of carbonyl (C=O) groups excluding carboxylic acids is 1. The van der Waals surface area contributed by atoms with Gasteiger partial charge in [0, 0.05) is 5.56 Å². The Hall–Kier alpha value is -2.76. The monoisotopic (exact) mass is 393 g/mol. The Balaban J connectivity index is 1.34. The quantitative estimate of drug-likeness (QED) is 0.601. The van der Waals surface area contributed by atoms with E-state index in [2.05, 4.69) is 47.8 Å². The van der Waals surface area contributed by atoms with Crippen LogP contribution in [0.15, 0.2) is 66.7 Å². The minimum atomic E-state index is -0.396. The number of carbonyl (C=O) groups is 1. The van der Waals surface area contributed by atoms with Crippen molar-refractivity contribution in [1.82, 2.24) is 0 Å². The van der Waals surface area contributed by atoms with Crippen LogP contribution in [0.3, 0.4) is 0 Å². The van der Waals surface area contributed by atoms with E-state index in [4.69, 9.17) is 0 Å². The first-order valence-electron chi connectivity index (χ1n) is 10.3. The Morgan fingerprint density at radius 2 is 1.66 bits per heavy atom. The summed E-state index contributed by atoms with van der Waals surface area (Å²) in [6, 6.07) is 21.2. The molecule has 1 heterocycles. The largest absolute Gasteiger partial charge is 0.322 e. The number of fused-ring (bicyclic) bond motifs is 1. The number of amides is 1. The number of halogens is 1. The molecule has 4 nitrogen and oxygen atoms in total. The molecule has 150 valence electrons. The summed E-state index contributed by atoms with van der Waals surface area (Å²) in [6.07, 6.45) is 0. The summed E-state index contributed by atoms with van der Waals surface area (Å²) in [7, 11) is 0. The lowest BCUT2D eigenvalue weighted by Crippen LogP contribution is -3.29. The molecule has 1 atom stereocenters. The number of quaternary nitrogens is 2. The van der Waals surface area contributed by atoms with E-state index in [-0.39, 0.29) is 17.6 Å². The standard InChI is InChI=1S/C24H26FN3O/c1-18(24(29)26-23-12-5-4-11-22(23)25)28-15-13-27(14-16-28)17-20-9-6-8-19-7-2-3-10-21(19)20/h2-12,18H,13-17H2,1H3,(H,26,29)/p+2/t18-/m0/s1. The summed E-state index contributed by atoms with van der Waals surface area (Å²) in [5, 5.41) is 5.35. The van der Waals surface area contributed by atoms with Crippen molar-refractivity contribution in [3.05, 3.63) is 78.1 Å². The highest BCUT2D eigenvalue weighted by Gasteiger charge is 2.31. The normalized spacial score (nSPS) is 20.3. The molecule has 1 aliphatic rings. The Morgan fingerprint density at radius 3 is 2.45 bits per heavy atom. The molecule has 3 N–H and O–H groups in total. The first kappa shape index (κ1) is 19.6. The van der Waals surface area contributed by atoms with Crippen LogP contribution >= 0.6 is 0 Å². The van der Waals surface area contributed by atoms with Gasteiger partial charge < -0.3 is 15.1 Å². The van der Waals surface area contributed by atoms with Crippen molar-refractivity contribution < 1.29 is 19.0 Å². The van der Waals surface area contributed by atoms with Gasteiger partial charge in [-0.3, -0.25) is 4.79 Å². The zero-order valence-corrected chi connectivity index (χ0v) is 16.7. The maximum atomic E-state index is 13.8. The summed E-state index contributed by atoms with van der Waals surface area (Å²) < 4.78 is 13.8. The third-order valence-electron chi connectivity index (χ3n) is 6.06.